The zero-order valence-electron chi connectivity index (χ0n) is 13.5. The molecule has 0 aliphatic rings. The molecule has 0 bridgehead atoms. The number of nitrogens with zero attached hydrogens (tertiary/aromatic N) is 3. The smallest absolute Gasteiger partial charge is 0.335 e. The van der Waals surface area contributed by atoms with Gasteiger partial charge in [0.05, 0.1) is 11.3 Å². The van der Waals surface area contributed by atoms with Crippen LogP contribution >= 0.6 is 0 Å². The minimum Gasteiger partial charge on any atom is -0.478 e. The molecule has 0 unspecified atom stereocenters. The molecule has 0 saturated carbocycles. The third-order valence-electron chi connectivity index (χ3n) is 3.79. The second kappa shape index (κ2) is 7.04. The van der Waals surface area contributed by atoms with E-state index in [4.69, 9.17) is 5.11 Å². The van der Waals surface area contributed by atoms with E-state index in [1.807, 2.05) is 25.6 Å². The number of hydrogen-bond donors (Lipinski definition) is 2. The third-order valence-corrected chi connectivity index (χ3v) is 3.79. The fourth-order valence-corrected chi connectivity index (χ4v) is 2.42. The van der Waals surface area contributed by atoms with Crippen molar-refractivity contribution in [3.63, 3.8) is 0 Å². The van der Waals surface area contributed by atoms with Crippen LogP contribution in [0.4, 0.5) is 0 Å². The maximum absolute atomic E-state index is 12.0. The molecule has 7 heteroatoms. The first-order valence-corrected chi connectivity index (χ1v) is 7.36. The van der Waals surface area contributed by atoms with Gasteiger partial charge in [-0.2, -0.15) is 5.10 Å². The molecule has 0 aliphatic carbocycles. The normalized spacial score (nSPS) is 10.6. The van der Waals surface area contributed by atoms with Gasteiger partial charge in [0.25, 0.3) is 5.91 Å². The molecule has 0 spiro atoms. The monoisotopic (exact) mass is 316 g/mol. The van der Waals surface area contributed by atoms with Crippen molar-refractivity contribution in [1.29, 1.82) is 0 Å². The number of pyridine rings is 1. The van der Waals surface area contributed by atoms with Crippen LogP contribution in [0.15, 0.2) is 18.3 Å². The summed E-state index contributed by atoms with van der Waals surface area (Å²) < 4.78 is 1.85. The van der Waals surface area contributed by atoms with Gasteiger partial charge in [0.15, 0.2) is 0 Å². The highest BCUT2D eigenvalue weighted by Gasteiger charge is 2.12. The number of carboxylic acid groups (broad SMARTS) is 1. The van der Waals surface area contributed by atoms with Gasteiger partial charge in [0.2, 0.25) is 0 Å². The number of nitrogens with one attached hydrogen (secondary N) is 1. The Balaban J connectivity index is 1.88. The number of carbonyl (C=O) groups excluding carboxylic acids is 1. The summed E-state index contributed by atoms with van der Waals surface area (Å²) >= 11 is 0. The summed E-state index contributed by atoms with van der Waals surface area (Å²) in [6.45, 7) is 4.49. The first-order chi connectivity index (χ1) is 10.9. The molecule has 7 nitrogen and oxygen atoms in total. The molecule has 1 amide bonds. The van der Waals surface area contributed by atoms with Crippen molar-refractivity contribution in [2.45, 2.75) is 26.7 Å². The predicted octanol–water partition coefficient (Wildman–Crippen LogP) is 1.49. The number of hydrogen-bond acceptors (Lipinski definition) is 4. The molecule has 122 valence electrons. The number of rotatable bonds is 6. The number of amides is 1. The van der Waals surface area contributed by atoms with Gasteiger partial charge in [-0.05, 0) is 44.4 Å². The Kier molecular flexibility index (Phi) is 5.10. The number of aromatic nitrogens is 3. The molecular weight excluding hydrogens is 296 g/mol. The second-order valence-corrected chi connectivity index (χ2v) is 5.37. The summed E-state index contributed by atoms with van der Waals surface area (Å²) in [5, 5.41) is 16.0. The summed E-state index contributed by atoms with van der Waals surface area (Å²) in [5.74, 6) is -1.45. The molecular formula is C16H20N4O3. The average molecular weight is 316 g/mol. The summed E-state index contributed by atoms with van der Waals surface area (Å²) in [7, 11) is 1.91. The van der Waals surface area contributed by atoms with E-state index in [0.29, 0.717) is 6.54 Å². The highest BCUT2D eigenvalue weighted by atomic mass is 16.4. The molecule has 2 aromatic heterocycles. The molecule has 0 fully saturated rings. The molecule has 2 N–H and O–H groups in total. The summed E-state index contributed by atoms with van der Waals surface area (Å²) in [4.78, 5) is 26.8. The lowest BCUT2D eigenvalue weighted by Gasteiger charge is -2.06. The second-order valence-electron chi connectivity index (χ2n) is 5.37. The zero-order valence-corrected chi connectivity index (χ0v) is 13.5. The van der Waals surface area contributed by atoms with Crippen molar-refractivity contribution in [2.24, 2.45) is 7.05 Å². The minimum atomic E-state index is -1.08. The Morgan fingerprint density at radius 3 is 2.70 bits per heavy atom. The van der Waals surface area contributed by atoms with Crippen LogP contribution in [0, 0.1) is 13.8 Å². The van der Waals surface area contributed by atoms with Crippen LogP contribution in [0.2, 0.25) is 0 Å². The van der Waals surface area contributed by atoms with Crippen LogP contribution in [-0.2, 0) is 13.5 Å². The van der Waals surface area contributed by atoms with Crippen molar-refractivity contribution in [3.05, 3.63) is 46.5 Å². The molecule has 0 radical (unpaired) electrons. The van der Waals surface area contributed by atoms with Crippen LogP contribution in [0.3, 0.4) is 0 Å². The maximum atomic E-state index is 12.0. The fraction of sp³-hybridized carbons (Fsp3) is 0.375. The molecule has 0 atom stereocenters. The maximum Gasteiger partial charge on any atom is 0.335 e. The Bertz CT molecular complexity index is 737. The minimum absolute atomic E-state index is 0.0479. The Hall–Kier alpha value is -2.70. The number of carboxylic acids is 1. The van der Waals surface area contributed by atoms with Gasteiger partial charge in [0, 0.05) is 25.5 Å². The van der Waals surface area contributed by atoms with Crippen molar-refractivity contribution in [2.75, 3.05) is 6.54 Å². The van der Waals surface area contributed by atoms with E-state index in [0.717, 1.165) is 24.2 Å². The highest BCUT2D eigenvalue weighted by Crippen LogP contribution is 2.13. The van der Waals surface area contributed by atoms with E-state index in [9.17, 15) is 9.59 Å². The lowest BCUT2D eigenvalue weighted by molar-refractivity contribution is 0.0696. The van der Waals surface area contributed by atoms with Gasteiger partial charge >= 0.3 is 5.97 Å². The Labute approximate surface area is 134 Å². The lowest BCUT2D eigenvalue weighted by atomic mass is 10.1. The lowest BCUT2D eigenvalue weighted by Crippen LogP contribution is -2.26. The molecule has 2 aromatic rings. The van der Waals surface area contributed by atoms with Crippen molar-refractivity contribution in [3.8, 4) is 0 Å². The van der Waals surface area contributed by atoms with Crippen LogP contribution in [0.1, 0.15) is 44.2 Å². The fourth-order valence-electron chi connectivity index (χ4n) is 2.42. The van der Waals surface area contributed by atoms with Gasteiger partial charge in [-0.1, -0.05) is 0 Å². The molecule has 0 saturated heterocycles. The third kappa shape index (κ3) is 3.94. The molecule has 23 heavy (non-hydrogen) atoms. The highest BCUT2D eigenvalue weighted by molar-refractivity contribution is 5.95. The van der Waals surface area contributed by atoms with E-state index in [-0.39, 0.29) is 17.2 Å². The Morgan fingerprint density at radius 2 is 2.09 bits per heavy atom. The van der Waals surface area contributed by atoms with E-state index < -0.39 is 5.97 Å². The summed E-state index contributed by atoms with van der Waals surface area (Å²) in [6.07, 6.45) is 2.92. The molecule has 2 heterocycles. The van der Waals surface area contributed by atoms with Crippen LogP contribution < -0.4 is 5.32 Å². The zero-order chi connectivity index (χ0) is 17.0. The largest absolute Gasteiger partial charge is 0.478 e. The van der Waals surface area contributed by atoms with Gasteiger partial charge in [-0.25, -0.2) is 4.79 Å². The van der Waals surface area contributed by atoms with Crippen molar-refractivity contribution >= 4 is 11.9 Å². The number of carbonyl (C=O) groups is 2. The first kappa shape index (κ1) is 16.7. The molecule has 0 aliphatic heterocycles. The summed E-state index contributed by atoms with van der Waals surface area (Å²) in [5.41, 5.74) is 3.50. The standard InChI is InChI=1S/C16H20N4O3/c1-10-13(11(2)20(3)19-10)5-4-7-18-15(21)14-9-12(16(22)23)6-8-17-14/h6,8-9H,4-5,7H2,1-3H3,(H,18,21)(H,22,23). The van der Waals surface area contributed by atoms with Crippen LogP contribution in [0.5, 0.6) is 0 Å². The van der Waals surface area contributed by atoms with E-state index in [1.165, 1.54) is 23.9 Å². The van der Waals surface area contributed by atoms with Crippen molar-refractivity contribution < 1.29 is 14.7 Å². The van der Waals surface area contributed by atoms with Gasteiger partial charge in [0.1, 0.15) is 5.69 Å². The van der Waals surface area contributed by atoms with Gasteiger partial charge < -0.3 is 10.4 Å². The van der Waals surface area contributed by atoms with Gasteiger partial charge in [-0.3, -0.25) is 14.5 Å². The average Bonchev–Trinajstić information content (AvgIpc) is 2.77. The number of aromatic carboxylic acids is 1. The van der Waals surface area contributed by atoms with Crippen LogP contribution in [-0.4, -0.2) is 38.3 Å². The molecule has 2 rings (SSSR count). The van der Waals surface area contributed by atoms with E-state index >= 15 is 0 Å². The predicted molar refractivity (Wildman–Crippen MR) is 84.5 cm³/mol. The SMILES string of the molecule is Cc1nn(C)c(C)c1CCCNC(=O)c1cc(C(=O)O)ccn1. The van der Waals surface area contributed by atoms with E-state index in [1.54, 1.807) is 0 Å². The van der Waals surface area contributed by atoms with Crippen LogP contribution in [0.25, 0.3) is 0 Å². The van der Waals surface area contributed by atoms with E-state index in [2.05, 4.69) is 15.4 Å². The number of aryl methyl sites for hydroxylation is 2. The van der Waals surface area contributed by atoms with Gasteiger partial charge in [-0.15, -0.1) is 0 Å². The Morgan fingerprint density at radius 1 is 1.35 bits per heavy atom. The quantitative estimate of drug-likeness (QED) is 0.787. The first-order valence-electron chi connectivity index (χ1n) is 7.36. The molecule has 0 aromatic carbocycles. The summed E-state index contributed by atoms with van der Waals surface area (Å²) in [6, 6.07) is 2.63. The topological polar surface area (TPSA) is 97.1 Å². The van der Waals surface area contributed by atoms with Crippen molar-refractivity contribution in [1.82, 2.24) is 20.1 Å².